The molecule has 0 N–H and O–H groups in total. The molecule has 1 aromatic carbocycles. The van der Waals surface area contributed by atoms with Crippen molar-refractivity contribution in [3.8, 4) is 0 Å². The first-order valence-corrected chi connectivity index (χ1v) is 5.06. The van der Waals surface area contributed by atoms with E-state index in [1.165, 1.54) is 18.7 Å². The van der Waals surface area contributed by atoms with Gasteiger partial charge in [-0.05, 0) is 24.3 Å². The maximum atomic E-state index is 10.4. The van der Waals surface area contributed by atoms with Crippen molar-refractivity contribution in [1.29, 1.82) is 0 Å². The molecule has 0 bridgehead atoms. The Kier molecular flexibility index (Phi) is 4.12. The molecule has 0 unspecified atom stereocenters. The van der Waals surface area contributed by atoms with Gasteiger partial charge in [0, 0.05) is 16.8 Å². The van der Waals surface area contributed by atoms with E-state index in [1.807, 2.05) is 12.1 Å². The highest BCUT2D eigenvalue weighted by molar-refractivity contribution is 7.99. The summed E-state index contributed by atoms with van der Waals surface area (Å²) in [5.74, 6) is 0.0817. The predicted octanol–water partition coefficient (Wildman–Crippen LogP) is 2.95. The fraction of sp³-hybridized carbons (Fsp3) is 0.222. The molecule has 0 amide bonds. The van der Waals surface area contributed by atoms with Gasteiger partial charge >= 0.3 is 5.97 Å². The van der Waals surface area contributed by atoms with E-state index in [0.717, 1.165) is 4.90 Å². The van der Waals surface area contributed by atoms with E-state index in [1.54, 1.807) is 12.1 Å². The van der Waals surface area contributed by atoms with Crippen LogP contribution >= 0.6 is 23.4 Å². The van der Waals surface area contributed by atoms with Gasteiger partial charge in [-0.3, -0.25) is 4.79 Å². The Morgan fingerprint density at radius 2 is 2.08 bits per heavy atom. The van der Waals surface area contributed by atoms with Crippen molar-refractivity contribution in [1.82, 2.24) is 0 Å². The van der Waals surface area contributed by atoms with Crippen molar-refractivity contribution in [3.63, 3.8) is 0 Å². The number of hydrogen-bond donors (Lipinski definition) is 0. The minimum Gasteiger partial charge on any atom is -0.454 e. The third kappa shape index (κ3) is 4.20. The van der Waals surface area contributed by atoms with Crippen molar-refractivity contribution in [2.75, 3.05) is 5.94 Å². The number of rotatable bonds is 3. The molecule has 1 aromatic rings. The van der Waals surface area contributed by atoms with Gasteiger partial charge in [0.1, 0.15) is 5.94 Å². The second-order valence-electron chi connectivity index (χ2n) is 2.35. The monoisotopic (exact) mass is 216 g/mol. The van der Waals surface area contributed by atoms with Crippen LogP contribution in [0.4, 0.5) is 0 Å². The van der Waals surface area contributed by atoms with Crippen molar-refractivity contribution in [3.05, 3.63) is 29.3 Å². The van der Waals surface area contributed by atoms with Gasteiger partial charge < -0.3 is 4.74 Å². The van der Waals surface area contributed by atoms with Gasteiger partial charge in [0.15, 0.2) is 0 Å². The van der Waals surface area contributed by atoms with Crippen LogP contribution in [0, 0.1) is 0 Å². The van der Waals surface area contributed by atoms with Crippen LogP contribution in [-0.2, 0) is 9.53 Å². The summed E-state index contributed by atoms with van der Waals surface area (Å²) in [5.41, 5.74) is 0. The SMILES string of the molecule is CC(=O)OCSc1ccc(Cl)cc1. The lowest BCUT2D eigenvalue weighted by Crippen LogP contribution is -1.96. The first-order valence-electron chi connectivity index (χ1n) is 3.70. The van der Waals surface area contributed by atoms with E-state index < -0.39 is 0 Å². The molecule has 13 heavy (non-hydrogen) atoms. The first kappa shape index (κ1) is 10.4. The second-order valence-corrected chi connectivity index (χ2v) is 3.78. The summed E-state index contributed by atoms with van der Waals surface area (Å²) >= 11 is 7.16. The molecular formula is C9H9ClO2S. The van der Waals surface area contributed by atoms with E-state index in [4.69, 9.17) is 16.3 Å². The number of thioether (sulfide) groups is 1. The van der Waals surface area contributed by atoms with Crippen molar-refractivity contribution < 1.29 is 9.53 Å². The van der Waals surface area contributed by atoms with Crippen LogP contribution < -0.4 is 0 Å². The molecule has 4 heteroatoms. The molecule has 0 saturated carbocycles. The lowest BCUT2D eigenvalue weighted by atomic mass is 10.4. The number of ether oxygens (including phenoxy) is 1. The zero-order chi connectivity index (χ0) is 9.68. The van der Waals surface area contributed by atoms with Gasteiger partial charge in [-0.1, -0.05) is 23.4 Å². The molecule has 0 saturated heterocycles. The average molecular weight is 217 g/mol. The summed E-state index contributed by atoms with van der Waals surface area (Å²) in [5, 5.41) is 0.705. The highest BCUT2D eigenvalue weighted by Crippen LogP contribution is 2.20. The summed E-state index contributed by atoms with van der Waals surface area (Å²) in [6, 6.07) is 7.38. The maximum Gasteiger partial charge on any atom is 0.303 e. The number of carbonyl (C=O) groups excluding carboxylic acids is 1. The third-order valence-corrected chi connectivity index (χ3v) is 2.39. The number of carbonyl (C=O) groups is 1. The first-order chi connectivity index (χ1) is 6.18. The molecule has 0 aliphatic rings. The quantitative estimate of drug-likeness (QED) is 0.442. The van der Waals surface area contributed by atoms with Crippen LogP contribution in [0.1, 0.15) is 6.92 Å². The molecule has 2 nitrogen and oxygen atoms in total. The third-order valence-electron chi connectivity index (χ3n) is 1.30. The fourth-order valence-corrected chi connectivity index (χ4v) is 1.53. The largest absolute Gasteiger partial charge is 0.454 e. The van der Waals surface area contributed by atoms with Crippen LogP contribution in [0.3, 0.4) is 0 Å². The lowest BCUT2D eigenvalue weighted by Gasteiger charge is -2.01. The lowest BCUT2D eigenvalue weighted by molar-refractivity contribution is -0.138. The van der Waals surface area contributed by atoms with Gasteiger partial charge in [0.05, 0.1) is 0 Å². The summed E-state index contributed by atoms with van der Waals surface area (Å²) in [6.45, 7) is 1.39. The van der Waals surface area contributed by atoms with Gasteiger partial charge in [-0.2, -0.15) is 0 Å². The molecule has 0 heterocycles. The van der Waals surface area contributed by atoms with E-state index in [9.17, 15) is 4.79 Å². The predicted molar refractivity (Wildman–Crippen MR) is 53.9 cm³/mol. The normalized spacial score (nSPS) is 9.69. The minimum absolute atomic E-state index is 0.263. The summed E-state index contributed by atoms with van der Waals surface area (Å²) < 4.78 is 4.77. The van der Waals surface area contributed by atoms with E-state index in [-0.39, 0.29) is 5.97 Å². The summed E-state index contributed by atoms with van der Waals surface area (Å²) in [4.78, 5) is 11.5. The van der Waals surface area contributed by atoms with Crippen LogP contribution in [0.5, 0.6) is 0 Å². The van der Waals surface area contributed by atoms with Crippen LogP contribution in [0.25, 0.3) is 0 Å². The number of hydrogen-bond acceptors (Lipinski definition) is 3. The fourth-order valence-electron chi connectivity index (χ4n) is 0.711. The molecule has 0 aliphatic carbocycles. The van der Waals surface area contributed by atoms with E-state index in [0.29, 0.717) is 11.0 Å². The van der Waals surface area contributed by atoms with Crippen molar-refractivity contribution >= 4 is 29.3 Å². The zero-order valence-electron chi connectivity index (χ0n) is 7.12. The minimum atomic E-state index is -0.263. The van der Waals surface area contributed by atoms with Crippen molar-refractivity contribution in [2.45, 2.75) is 11.8 Å². The number of benzene rings is 1. The summed E-state index contributed by atoms with van der Waals surface area (Å²) in [7, 11) is 0. The van der Waals surface area contributed by atoms with Gasteiger partial charge in [-0.25, -0.2) is 0 Å². The summed E-state index contributed by atoms with van der Waals surface area (Å²) in [6.07, 6.45) is 0. The molecule has 0 atom stereocenters. The smallest absolute Gasteiger partial charge is 0.303 e. The Hall–Kier alpha value is -0.670. The topological polar surface area (TPSA) is 26.3 Å². The molecule has 0 radical (unpaired) electrons. The van der Waals surface area contributed by atoms with Crippen LogP contribution in [0.2, 0.25) is 5.02 Å². The standard InChI is InChI=1S/C9H9ClO2S/c1-7(11)12-6-13-9-4-2-8(10)3-5-9/h2-5H,6H2,1H3. The molecule has 1 rings (SSSR count). The molecule has 70 valence electrons. The number of halogens is 1. The highest BCUT2D eigenvalue weighted by Gasteiger charge is 1.95. The Bertz CT molecular complexity index is 284. The van der Waals surface area contributed by atoms with Crippen LogP contribution in [0.15, 0.2) is 29.2 Å². The molecular weight excluding hydrogens is 208 g/mol. The Morgan fingerprint density at radius 1 is 1.46 bits per heavy atom. The molecule has 0 aromatic heterocycles. The Balaban J connectivity index is 2.37. The Labute approximate surface area is 86.2 Å². The van der Waals surface area contributed by atoms with E-state index >= 15 is 0 Å². The maximum absolute atomic E-state index is 10.4. The zero-order valence-corrected chi connectivity index (χ0v) is 8.69. The van der Waals surface area contributed by atoms with Gasteiger partial charge in [-0.15, -0.1) is 0 Å². The van der Waals surface area contributed by atoms with Gasteiger partial charge in [0.25, 0.3) is 0 Å². The molecule has 0 fully saturated rings. The second kappa shape index (κ2) is 5.14. The van der Waals surface area contributed by atoms with Crippen LogP contribution in [-0.4, -0.2) is 11.9 Å². The van der Waals surface area contributed by atoms with Gasteiger partial charge in [0.2, 0.25) is 0 Å². The molecule has 0 aliphatic heterocycles. The highest BCUT2D eigenvalue weighted by atomic mass is 35.5. The Morgan fingerprint density at radius 3 is 2.62 bits per heavy atom. The number of esters is 1. The van der Waals surface area contributed by atoms with Crippen molar-refractivity contribution in [2.24, 2.45) is 0 Å². The van der Waals surface area contributed by atoms with E-state index in [2.05, 4.69) is 0 Å². The average Bonchev–Trinajstić information content (AvgIpc) is 2.08. The molecule has 0 spiro atoms.